The van der Waals surface area contributed by atoms with Gasteiger partial charge in [0.1, 0.15) is 17.4 Å². The second-order valence-electron chi connectivity index (χ2n) is 5.77. The van der Waals surface area contributed by atoms with Crippen LogP contribution in [-0.4, -0.2) is 42.4 Å². The second-order valence-corrected chi connectivity index (χ2v) is 5.77. The van der Waals surface area contributed by atoms with Crippen LogP contribution in [0.5, 0.6) is 0 Å². The first-order valence-corrected chi connectivity index (χ1v) is 8.15. The van der Waals surface area contributed by atoms with Crippen LogP contribution in [-0.2, 0) is 0 Å². The third-order valence-electron chi connectivity index (χ3n) is 4.17. The molecule has 0 unspecified atom stereocenters. The van der Waals surface area contributed by atoms with Crippen LogP contribution >= 0.6 is 0 Å². The van der Waals surface area contributed by atoms with E-state index in [0.29, 0.717) is 29.6 Å². The van der Waals surface area contributed by atoms with Gasteiger partial charge in [0.2, 0.25) is 11.7 Å². The van der Waals surface area contributed by atoms with E-state index in [2.05, 4.69) is 25.1 Å². The lowest BCUT2D eigenvalue weighted by Crippen LogP contribution is -2.39. The maximum atomic E-state index is 12.8. The van der Waals surface area contributed by atoms with E-state index in [1.807, 2.05) is 0 Å². The van der Waals surface area contributed by atoms with E-state index in [4.69, 9.17) is 4.52 Å². The predicted molar refractivity (Wildman–Crippen MR) is 87.2 cm³/mol. The molecule has 3 aromatic heterocycles. The van der Waals surface area contributed by atoms with Crippen molar-refractivity contribution in [1.29, 1.82) is 0 Å². The number of hydrogen-bond acceptors (Lipinski definition) is 7. The lowest BCUT2D eigenvalue weighted by Gasteiger charge is -2.33. The van der Waals surface area contributed by atoms with Gasteiger partial charge in [-0.05, 0) is 31.4 Å². The highest BCUT2D eigenvalue weighted by molar-refractivity contribution is 5.92. The SMILES string of the molecule is O=C(c1ccccn1)N1CCCC[C@H]1c1nc(-c2cnccn2)no1. The number of pyridine rings is 1. The van der Waals surface area contributed by atoms with Crippen LogP contribution in [0.2, 0.25) is 0 Å². The Bertz CT molecular complexity index is 852. The highest BCUT2D eigenvalue weighted by Gasteiger charge is 2.33. The average molecular weight is 336 g/mol. The summed E-state index contributed by atoms with van der Waals surface area (Å²) in [5.41, 5.74) is 0.957. The minimum Gasteiger partial charge on any atom is -0.337 e. The van der Waals surface area contributed by atoms with E-state index >= 15 is 0 Å². The Kier molecular flexibility index (Phi) is 4.16. The summed E-state index contributed by atoms with van der Waals surface area (Å²) in [6, 6.07) is 5.06. The van der Waals surface area contributed by atoms with E-state index in [1.54, 1.807) is 47.9 Å². The van der Waals surface area contributed by atoms with Gasteiger partial charge in [-0.3, -0.25) is 14.8 Å². The summed E-state index contributed by atoms with van der Waals surface area (Å²) in [7, 11) is 0. The van der Waals surface area contributed by atoms with Crippen molar-refractivity contribution in [2.45, 2.75) is 25.3 Å². The van der Waals surface area contributed by atoms with E-state index in [9.17, 15) is 4.79 Å². The molecule has 0 aromatic carbocycles. The van der Waals surface area contributed by atoms with Crippen LogP contribution in [0.3, 0.4) is 0 Å². The van der Waals surface area contributed by atoms with Crippen LogP contribution in [0, 0.1) is 0 Å². The summed E-state index contributed by atoms with van der Waals surface area (Å²) in [6.07, 6.45) is 9.07. The fourth-order valence-electron chi connectivity index (χ4n) is 2.96. The summed E-state index contributed by atoms with van der Waals surface area (Å²) in [5, 5.41) is 3.99. The highest BCUT2D eigenvalue weighted by Crippen LogP contribution is 2.31. The first-order chi connectivity index (χ1) is 12.3. The van der Waals surface area contributed by atoms with Gasteiger partial charge >= 0.3 is 0 Å². The predicted octanol–water partition coefficient (Wildman–Crippen LogP) is 2.29. The topological polar surface area (TPSA) is 97.9 Å². The molecule has 8 nitrogen and oxygen atoms in total. The Hall–Kier alpha value is -3.16. The zero-order valence-corrected chi connectivity index (χ0v) is 13.4. The van der Waals surface area contributed by atoms with Crippen LogP contribution in [0.15, 0.2) is 47.5 Å². The molecule has 126 valence electrons. The van der Waals surface area contributed by atoms with E-state index in [-0.39, 0.29) is 11.9 Å². The van der Waals surface area contributed by atoms with Gasteiger partial charge in [-0.2, -0.15) is 4.98 Å². The van der Waals surface area contributed by atoms with E-state index < -0.39 is 0 Å². The Morgan fingerprint density at radius 3 is 2.92 bits per heavy atom. The molecule has 4 rings (SSSR count). The van der Waals surface area contributed by atoms with Gasteiger partial charge in [-0.15, -0.1) is 0 Å². The van der Waals surface area contributed by atoms with Crippen molar-refractivity contribution in [2.24, 2.45) is 0 Å². The van der Waals surface area contributed by atoms with Gasteiger partial charge in [0.05, 0.1) is 6.20 Å². The lowest BCUT2D eigenvalue weighted by atomic mass is 10.0. The fourth-order valence-corrected chi connectivity index (χ4v) is 2.96. The Morgan fingerprint density at radius 1 is 1.16 bits per heavy atom. The molecular weight excluding hydrogens is 320 g/mol. The van der Waals surface area contributed by atoms with Gasteiger partial charge in [0.25, 0.3) is 5.91 Å². The van der Waals surface area contributed by atoms with Crippen LogP contribution in [0.25, 0.3) is 11.5 Å². The molecule has 4 heterocycles. The van der Waals surface area contributed by atoms with Crippen LogP contribution in [0.1, 0.15) is 41.7 Å². The van der Waals surface area contributed by atoms with Gasteiger partial charge < -0.3 is 9.42 Å². The van der Waals surface area contributed by atoms with Crippen molar-refractivity contribution in [1.82, 2.24) is 30.0 Å². The first-order valence-electron chi connectivity index (χ1n) is 8.15. The molecule has 25 heavy (non-hydrogen) atoms. The van der Waals surface area contributed by atoms with Crippen molar-refractivity contribution in [3.8, 4) is 11.5 Å². The standard InChI is InChI=1S/C17H16N6O2/c24-17(12-5-1-3-7-19-12)23-10-4-2-6-14(23)16-21-15(22-25-16)13-11-18-8-9-20-13/h1,3,5,7-9,11,14H,2,4,6,10H2/t14-/m0/s1. The Balaban J connectivity index is 1.62. The molecule has 1 fully saturated rings. The second kappa shape index (κ2) is 6.76. The summed E-state index contributed by atoms with van der Waals surface area (Å²) in [5.74, 6) is 0.674. The summed E-state index contributed by atoms with van der Waals surface area (Å²) in [6.45, 7) is 0.642. The molecule has 0 aliphatic carbocycles. The first kappa shape index (κ1) is 15.4. The maximum Gasteiger partial charge on any atom is 0.273 e. The highest BCUT2D eigenvalue weighted by atomic mass is 16.5. The monoisotopic (exact) mass is 336 g/mol. The van der Waals surface area contributed by atoms with Crippen molar-refractivity contribution < 1.29 is 9.32 Å². The number of hydrogen-bond donors (Lipinski definition) is 0. The minimum atomic E-state index is -0.249. The zero-order valence-electron chi connectivity index (χ0n) is 13.4. The van der Waals surface area contributed by atoms with Crippen molar-refractivity contribution in [3.63, 3.8) is 0 Å². The smallest absolute Gasteiger partial charge is 0.273 e. The molecular formula is C17H16N6O2. The molecule has 0 radical (unpaired) electrons. The van der Waals surface area contributed by atoms with Crippen molar-refractivity contribution in [2.75, 3.05) is 6.54 Å². The number of carbonyl (C=O) groups excluding carboxylic acids is 1. The molecule has 3 aromatic rings. The molecule has 0 saturated carbocycles. The Morgan fingerprint density at radius 2 is 2.12 bits per heavy atom. The van der Waals surface area contributed by atoms with Gasteiger partial charge in [-0.25, -0.2) is 4.98 Å². The average Bonchev–Trinajstić information content (AvgIpc) is 3.19. The van der Waals surface area contributed by atoms with Gasteiger partial charge in [0, 0.05) is 25.1 Å². The normalized spacial score (nSPS) is 17.4. The van der Waals surface area contributed by atoms with Gasteiger partial charge in [0.15, 0.2) is 0 Å². The zero-order chi connectivity index (χ0) is 17.1. The molecule has 0 N–H and O–H groups in total. The molecule has 8 heteroatoms. The quantitative estimate of drug-likeness (QED) is 0.723. The number of nitrogens with zero attached hydrogens (tertiary/aromatic N) is 6. The van der Waals surface area contributed by atoms with E-state index in [1.165, 1.54) is 0 Å². The molecule has 1 aliphatic heterocycles. The summed E-state index contributed by atoms with van der Waals surface area (Å²) >= 11 is 0. The minimum absolute atomic E-state index is 0.121. The number of rotatable bonds is 3. The van der Waals surface area contributed by atoms with Gasteiger partial charge in [-0.1, -0.05) is 11.2 Å². The molecule has 0 bridgehead atoms. The summed E-state index contributed by atoms with van der Waals surface area (Å²) in [4.78, 5) is 31.3. The number of piperidine rings is 1. The third kappa shape index (κ3) is 3.10. The fraction of sp³-hybridized carbons (Fsp3) is 0.294. The molecule has 1 saturated heterocycles. The lowest BCUT2D eigenvalue weighted by molar-refractivity contribution is 0.0555. The van der Waals surface area contributed by atoms with Crippen molar-refractivity contribution >= 4 is 5.91 Å². The Labute approximate surface area is 143 Å². The number of aromatic nitrogens is 5. The number of likely N-dealkylation sites (tertiary alicyclic amines) is 1. The number of carbonyl (C=O) groups is 1. The van der Waals surface area contributed by atoms with Crippen LogP contribution < -0.4 is 0 Å². The number of amides is 1. The van der Waals surface area contributed by atoms with E-state index in [0.717, 1.165) is 19.3 Å². The maximum absolute atomic E-state index is 12.8. The third-order valence-corrected chi connectivity index (χ3v) is 4.17. The molecule has 1 aliphatic rings. The summed E-state index contributed by atoms with van der Waals surface area (Å²) < 4.78 is 5.43. The largest absolute Gasteiger partial charge is 0.337 e. The molecule has 0 spiro atoms. The molecule has 1 atom stereocenters. The van der Waals surface area contributed by atoms with Crippen molar-refractivity contribution in [3.05, 3.63) is 54.6 Å². The molecule has 1 amide bonds. The van der Waals surface area contributed by atoms with Crippen LogP contribution in [0.4, 0.5) is 0 Å².